The van der Waals surface area contributed by atoms with Gasteiger partial charge in [0.05, 0.1) is 22.4 Å². The number of nitrogens with zero attached hydrogens (tertiary/aromatic N) is 5. The van der Waals surface area contributed by atoms with E-state index in [4.69, 9.17) is 5.73 Å². The zero-order chi connectivity index (χ0) is 30.5. The lowest BCUT2D eigenvalue weighted by atomic mass is 10.0. The number of imide groups is 2. The summed E-state index contributed by atoms with van der Waals surface area (Å²) in [5.41, 5.74) is 9.95. The molecule has 0 saturated carbocycles. The number of amides is 5. The minimum absolute atomic E-state index is 0.0893. The van der Waals surface area contributed by atoms with Crippen LogP contribution in [0.25, 0.3) is 16.6 Å². The SMILES string of the molecule is NC(=O)c1cccc2cn(-c3ccc(N4CCN(Cc5ccc6c(c5)C(=O)N(C5CCC(=O)NC5=O)C6=O)CC4)cc3)nc12. The largest absolute Gasteiger partial charge is 0.369 e. The summed E-state index contributed by atoms with van der Waals surface area (Å²) >= 11 is 0. The fourth-order valence-corrected chi connectivity index (χ4v) is 6.23. The molecule has 3 aromatic carbocycles. The predicted molar refractivity (Wildman–Crippen MR) is 160 cm³/mol. The van der Waals surface area contributed by atoms with E-state index in [0.717, 1.165) is 53.4 Å². The van der Waals surface area contributed by atoms with Gasteiger partial charge in [-0.15, -0.1) is 0 Å². The highest BCUT2D eigenvalue weighted by Gasteiger charge is 2.44. The molecular formula is C32H29N7O5. The van der Waals surface area contributed by atoms with Crippen LogP contribution in [-0.4, -0.2) is 81.3 Å². The van der Waals surface area contributed by atoms with Crippen molar-refractivity contribution in [1.82, 2.24) is 24.9 Å². The molecule has 3 N–H and O–H groups in total. The smallest absolute Gasteiger partial charge is 0.262 e. The van der Waals surface area contributed by atoms with E-state index in [-0.39, 0.29) is 18.4 Å². The van der Waals surface area contributed by atoms with E-state index < -0.39 is 35.6 Å². The molecule has 12 heteroatoms. The Hall–Kier alpha value is -5.36. The van der Waals surface area contributed by atoms with Gasteiger partial charge in [-0.3, -0.25) is 39.1 Å². The van der Waals surface area contributed by atoms with Gasteiger partial charge in [-0.25, -0.2) is 4.68 Å². The number of fused-ring (bicyclic) bond motifs is 2. The maximum Gasteiger partial charge on any atom is 0.262 e. The molecule has 4 aromatic rings. The normalized spacial score (nSPS) is 19.0. The predicted octanol–water partition coefficient (Wildman–Crippen LogP) is 1.85. The zero-order valence-corrected chi connectivity index (χ0v) is 23.7. The first-order valence-electron chi connectivity index (χ1n) is 14.5. The number of aromatic nitrogens is 2. The van der Waals surface area contributed by atoms with Gasteiger partial charge in [0.1, 0.15) is 11.6 Å². The Bertz CT molecular complexity index is 1860. The Morgan fingerprint density at radius 1 is 0.886 bits per heavy atom. The van der Waals surface area contributed by atoms with Gasteiger partial charge in [-0.1, -0.05) is 18.2 Å². The van der Waals surface area contributed by atoms with Crippen molar-refractivity contribution in [2.24, 2.45) is 5.73 Å². The first kappa shape index (κ1) is 27.5. The molecule has 2 fully saturated rings. The molecular weight excluding hydrogens is 562 g/mol. The number of anilines is 1. The highest BCUT2D eigenvalue weighted by atomic mass is 16.2. The molecule has 0 radical (unpaired) electrons. The number of benzene rings is 3. The van der Waals surface area contributed by atoms with Crippen LogP contribution >= 0.6 is 0 Å². The highest BCUT2D eigenvalue weighted by Crippen LogP contribution is 2.29. The lowest BCUT2D eigenvalue weighted by Gasteiger charge is -2.36. The molecule has 1 aromatic heterocycles. The van der Waals surface area contributed by atoms with E-state index >= 15 is 0 Å². The summed E-state index contributed by atoms with van der Waals surface area (Å²) in [6, 6.07) is 17.8. The molecule has 1 unspecified atom stereocenters. The van der Waals surface area contributed by atoms with Gasteiger partial charge in [0.2, 0.25) is 11.8 Å². The molecule has 222 valence electrons. The Morgan fingerprint density at radius 3 is 2.34 bits per heavy atom. The van der Waals surface area contributed by atoms with Crippen molar-refractivity contribution in [3.63, 3.8) is 0 Å². The summed E-state index contributed by atoms with van der Waals surface area (Å²) in [6.07, 6.45) is 2.10. The third kappa shape index (κ3) is 4.78. The number of piperazine rings is 1. The zero-order valence-electron chi connectivity index (χ0n) is 23.7. The second kappa shape index (κ2) is 10.7. The summed E-state index contributed by atoms with van der Waals surface area (Å²) in [7, 11) is 0. The fourth-order valence-electron chi connectivity index (χ4n) is 6.23. The van der Waals surface area contributed by atoms with Crippen LogP contribution < -0.4 is 16.0 Å². The van der Waals surface area contributed by atoms with E-state index in [1.165, 1.54) is 0 Å². The molecule has 2 saturated heterocycles. The lowest BCUT2D eigenvalue weighted by molar-refractivity contribution is -0.136. The van der Waals surface area contributed by atoms with Crippen LogP contribution in [0.15, 0.2) is 66.9 Å². The van der Waals surface area contributed by atoms with Gasteiger partial charge in [-0.05, 0) is 54.4 Å². The fraction of sp³-hybridized carbons (Fsp3) is 0.250. The van der Waals surface area contributed by atoms with Crippen molar-refractivity contribution >= 4 is 46.1 Å². The van der Waals surface area contributed by atoms with Crippen LogP contribution in [0.5, 0.6) is 0 Å². The average Bonchev–Trinajstić information content (AvgIpc) is 3.56. The summed E-state index contributed by atoms with van der Waals surface area (Å²) in [6.45, 7) is 3.89. The average molecular weight is 592 g/mol. The molecule has 3 aliphatic rings. The number of nitrogens with two attached hydrogens (primary N) is 1. The van der Waals surface area contributed by atoms with Crippen LogP contribution in [0.2, 0.25) is 0 Å². The third-order valence-corrected chi connectivity index (χ3v) is 8.56. The summed E-state index contributed by atoms with van der Waals surface area (Å²) in [4.78, 5) is 67.4. The summed E-state index contributed by atoms with van der Waals surface area (Å²) < 4.78 is 1.75. The monoisotopic (exact) mass is 591 g/mol. The number of carbonyl (C=O) groups is 5. The second-order valence-corrected chi connectivity index (χ2v) is 11.3. The minimum atomic E-state index is -0.973. The van der Waals surface area contributed by atoms with Gasteiger partial charge in [-0.2, -0.15) is 5.10 Å². The van der Waals surface area contributed by atoms with Crippen LogP contribution in [0, 0.1) is 0 Å². The first-order valence-corrected chi connectivity index (χ1v) is 14.5. The number of piperidine rings is 1. The lowest BCUT2D eigenvalue weighted by Crippen LogP contribution is -2.54. The topological polar surface area (TPSA) is 151 Å². The molecule has 0 spiro atoms. The number of carbonyl (C=O) groups excluding carboxylic acids is 5. The molecule has 44 heavy (non-hydrogen) atoms. The molecule has 0 bridgehead atoms. The highest BCUT2D eigenvalue weighted by molar-refractivity contribution is 6.23. The summed E-state index contributed by atoms with van der Waals surface area (Å²) in [5.74, 6) is -2.51. The van der Waals surface area contributed by atoms with Crippen molar-refractivity contribution in [2.75, 3.05) is 31.1 Å². The van der Waals surface area contributed by atoms with E-state index in [1.807, 2.05) is 30.5 Å². The van der Waals surface area contributed by atoms with Crippen LogP contribution in [-0.2, 0) is 16.1 Å². The van der Waals surface area contributed by atoms with Crippen molar-refractivity contribution in [2.45, 2.75) is 25.4 Å². The quantitative estimate of drug-likeness (QED) is 0.323. The number of nitrogens with one attached hydrogen (secondary N) is 1. The van der Waals surface area contributed by atoms with Gasteiger partial charge in [0.25, 0.3) is 17.7 Å². The van der Waals surface area contributed by atoms with Gasteiger partial charge >= 0.3 is 0 Å². The van der Waals surface area contributed by atoms with Crippen LogP contribution in [0.4, 0.5) is 5.69 Å². The number of hydrogen-bond donors (Lipinski definition) is 2. The number of primary amides is 1. The molecule has 3 aliphatic heterocycles. The Morgan fingerprint density at radius 2 is 1.61 bits per heavy atom. The molecule has 12 nitrogen and oxygen atoms in total. The third-order valence-electron chi connectivity index (χ3n) is 8.56. The maximum absolute atomic E-state index is 13.2. The van der Waals surface area contributed by atoms with Crippen molar-refractivity contribution in [3.05, 3.63) is 89.1 Å². The van der Waals surface area contributed by atoms with Crippen LogP contribution in [0.1, 0.15) is 49.5 Å². The minimum Gasteiger partial charge on any atom is -0.369 e. The Labute approximate surface area is 252 Å². The Balaban J connectivity index is 0.984. The van der Waals surface area contributed by atoms with Crippen molar-refractivity contribution in [3.8, 4) is 5.69 Å². The molecule has 7 rings (SSSR count). The van der Waals surface area contributed by atoms with Crippen LogP contribution in [0.3, 0.4) is 0 Å². The first-order chi connectivity index (χ1) is 21.3. The van der Waals surface area contributed by atoms with E-state index in [0.29, 0.717) is 23.2 Å². The molecule has 0 aliphatic carbocycles. The van der Waals surface area contributed by atoms with Gasteiger partial charge < -0.3 is 10.6 Å². The molecule has 5 amide bonds. The van der Waals surface area contributed by atoms with Crippen molar-refractivity contribution < 1.29 is 24.0 Å². The maximum atomic E-state index is 13.2. The van der Waals surface area contributed by atoms with Gasteiger partial charge in [0.15, 0.2) is 0 Å². The number of hydrogen-bond acceptors (Lipinski definition) is 8. The second-order valence-electron chi connectivity index (χ2n) is 11.3. The van der Waals surface area contributed by atoms with Crippen molar-refractivity contribution in [1.29, 1.82) is 0 Å². The van der Waals surface area contributed by atoms with E-state index in [9.17, 15) is 24.0 Å². The molecule has 4 heterocycles. The Kier molecular flexibility index (Phi) is 6.70. The van der Waals surface area contributed by atoms with E-state index in [2.05, 4.69) is 32.3 Å². The number of rotatable bonds is 6. The van der Waals surface area contributed by atoms with Gasteiger partial charge in [0, 0.05) is 56.4 Å². The molecule has 1 atom stereocenters. The van der Waals surface area contributed by atoms with E-state index in [1.54, 1.807) is 28.9 Å². The standard InChI is InChI=1S/C32H29N7O5/c33-29(41)24-3-1-2-20-18-38(35-28(20)24)22-7-5-21(6-8-22)37-14-12-36(13-15-37)17-19-4-9-23-25(16-19)32(44)39(31(23)43)26-10-11-27(40)34-30(26)42/h1-9,16,18,26H,10-15,17H2,(H2,33,41)(H,34,40,42). The summed E-state index contributed by atoms with van der Waals surface area (Å²) in [5, 5.41) is 7.65.